The average molecular weight is 251 g/mol. The Kier molecular flexibility index (Phi) is 2.90. The number of hydrogen-bond acceptors (Lipinski definition) is 4. The fraction of sp³-hybridized carbons (Fsp3) is 0. The van der Waals surface area contributed by atoms with E-state index in [0.717, 1.165) is 0 Å². The van der Waals surface area contributed by atoms with Gasteiger partial charge >= 0.3 is 0 Å². The molecule has 0 aliphatic carbocycles. The molecule has 0 bridgehead atoms. The molecule has 0 saturated carbocycles. The van der Waals surface area contributed by atoms with Crippen LogP contribution in [-0.2, 0) is 4.57 Å². The summed E-state index contributed by atoms with van der Waals surface area (Å²) in [6.45, 7) is 0. The number of hydrogen-bond donors (Lipinski definition) is 0. The van der Waals surface area contributed by atoms with Gasteiger partial charge in [-0.05, 0) is 28.1 Å². The SMILES string of the molecule is O=P([O-])([O-])Oc1ccccc1Br. The first-order valence-electron chi connectivity index (χ1n) is 2.95. The molecule has 0 N–H and O–H groups in total. The van der Waals surface area contributed by atoms with Gasteiger partial charge in [0, 0.05) is 0 Å². The highest BCUT2D eigenvalue weighted by Crippen LogP contribution is 2.34. The van der Waals surface area contributed by atoms with Crippen LogP contribution in [0.2, 0.25) is 0 Å². The molecule has 0 aliphatic rings. The molecule has 0 fully saturated rings. The first-order valence-corrected chi connectivity index (χ1v) is 5.20. The first-order chi connectivity index (χ1) is 5.49. The van der Waals surface area contributed by atoms with Crippen molar-refractivity contribution in [1.29, 1.82) is 0 Å². The van der Waals surface area contributed by atoms with Gasteiger partial charge in [-0.1, -0.05) is 12.1 Å². The van der Waals surface area contributed by atoms with E-state index in [9.17, 15) is 14.4 Å². The highest BCUT2D eigenvalue weighted by Gasteiger charge is 1.99. The number of rotatable bonds is 2. The first kappa shape index (κ1) is 9.74. The van der Waals surface area contributed by atoms with Crippen LogP contribution in [-0.4, -0.2) is 0 Å². The fourth-order valence-corrected chi connectivity index (χ4v) is 1.53. The van der Waals surface area contributed by atoms with Crippen molar-refractivity contribution in [2.75, 3.05) is 0 Å². The molecule has 66 valence electrons. The van der Waals surface area contributed by atoms with Gasteiger partial charge in [-0.2, -0.15) is 0 Å². The maximum Gasteiger partial charge on any atom is 0.138 e. The van der Waals surface area contributed by atoms with Crippen LogP contribution < -0.4 is 14.3 Å². The summed E-state index contributed by atoms with van der Waals surface area (Å²) in [6, 6.07) is 6.20. The summed E-state index contributed by atoms with van der Waals surface area (Å²) in [7, 11) is -4.94. The highest BCUT2D eigenvalue weighted by atomic mass is 79.9. The molecule has 0 saturated heterocycles. The third kappa shape index (κ3) is 2.95. The zero-order chi connectivity index (χ0) is 9.19. The number of benzene rings is 1. The lowest BCUT2D eigenvalue weighted by Crippen LogP contribution is -2.18. The molecule has 0 heterocycles. The number of para-hydroxylation sites is 1. The molecule has 4 nitrogen and oxygen atoms in total. The highest BCUT2D eigenvalue weighted by molar-refractivity contribution is 9.10. The van der Waals surface area contributed by atoms with E-state index in [1.54, 1.807) is 18.2 Å². The molecular weight excluding hydrogens is 247 g/mol. The number of phosphoric ester groups is 1. The minimum absolute atomic E-state index is 0.00540. The molecular formula is C6H4BrO4P-2. The maximum absolute atomic E-state index is 10.2. The van der Waals surface area contributed by atoms with Gasteiger partial charge in [-0.25, -0.2) is 0 Å². The van der Waals surface area contributed by atoms with Crippen molar-refractivity contribution in [3.05, 3.63) is 28.7 Å². The summed E-state index contributed by atoms with van der Waals surface area (Å²) in [6.07, 6.45) is 0. The Balaban J connectivity index is 2.90. The molecule has 0 radical (unpaired) electrons. The number of phosphoric acid groups is 1. The molecule has 0 spiro atoms. The Morgan fingerprint density at radius 2 is 1.92 bits per heavy atom. The monoisotopic (exact) mass is 250 g/mol. The van der Waals surface area contributed by atoms with Gasteiger partial charge in [-0.3, -0.25) is 0 Å². The normalized spacial score (nSPS) is 11.2. The third-order valence-corrected chi connectivity index (χ3v) is 2.12. The van der Waals surface area contributed by atoms with E-state index >= 15 is 0 Å². The lowest BCUT2D eigenvalue weighted by atomic mass is 10.3. The predicted octanol–water partition coefficient (Wildman–Crippen LogP) is 0.657. The van der Waals surface area contributed by atoms with Crippen LogP contribution in [0.5, 0.6) is 5.75 Å². The van der Waals surface area contributed by atoms with Gasteiger partial charge in [0.1, 0.15) is 13.6 Å². The van der Waals surface area contributed by atoms with Crippen molar-refractivity contribution in [2.24, 2.45) is 0 Å². The Morgan fingerprint density at radius 3 is 2.42 bits per heavy atom. The van der Waals surface area contributed by atoms with E-state index in [1.807, 2.05) is 0 Å². The minimum Gasteiger partial charge on any atom is -0.780 e. The minimum atomic E-state index is -4.94. The molecule has 1 aromatic carbocycles. The van der Waals surface area contributed by atoms with E-state index < -0.39 is 7.82 Å². The molecule has 0 aromatic heterocycles. The van der Waals surface area contributed by atoms with Crippen molar-refractivity contribution in [3.8, 4) is 5.75 Å². The summed E-state index contributed by atoms with van der Waals surface area (Å²) >= 11 is 3.03. The van der Waals surface area contributed by atoms with E-state index in [2.05, 4.69) is 20.5 Å². The second kappa shape index (κ2) is 3.58. The summed E-state index contributed by atoms with van der Waals surface area (Å²) in [5, 5.41) is 0. The largest absolute Gasteiger partial charge is 0.780 e. The van der Waals surface area contributed by atoms with Crippen molar-refractivity contribution >= 4 is 23.8 Å². The van der Waals surface area contributed by atoms with Crippen molar-refractivity contribution in [3.63, 3.8) is 0 Å². The van der Waals surface area contributed by atoms with Crippen LogP contribution in [0.3, 0.4) is 0 Å². The second-order valence-electron chi connectivity index (χ2n) is 1.97. The lowest BCUT2D eigenvalue weighted by Gasteiger charge is -2.29. The Morgan fingerprint density at radius 1 is 1.33 bits per heavy atom. The summed E-state index contributed by atoms with van der Waals surface area (Å²) < 4.78 is 14.7. The molecule has 1 aromatic rings. The molecule has 0 atom stereocenters. The Labute approximate surface area is 77.6 Å². The van der Waals surface area contributed by atoms with E-state index in [4.69, 9.17) is 0 Å². The second-order valence-corrected chi connectivity index (χ2v) is 3.90. The molecule has 0 unspecified atom stereocenters. The van der Waals surface area contributed by atoms with E-state index in [0.29, 0.717) is 4.47 Å². The van der Waals surface area contributed by atoms with Gasteiger partial charge in [-0.15, -0.1) is 0 Å². The molecule has 12 heavy (non-hydrogen) atoms. The van der Waals surface area contributed by atoms with Crippen molar-refractivity contribution < 1.29 is 18.9 Å². The van der Waals surface area contributed by atoms with Crippen LogP contribution >= 0.6 is 23.8 Å². The van der Waals surface area contributed by atoms with Gasteiger partial charge in [0.25, 0.3) is 0 Å². The van der Waals surface area contributed by atoms with Crippen molar-refractivity contribution in [1.82, 2.24) is 0 Å². The molecule has 0 aliphatic heterocycles. The van der Waals surface area contributed by atoms with Gasteiger partial charge in [0.05, 0.1) is 4.47 Å². The topological polar surface area (TPSA) is 72.4 Å². The van der Waals surface area contributed by atoms with E-state index in [1.165, 1.54) is 6.07 Å². The summed E-state index contributed by atoms with van der Waals surface area (Å²) in [5.74, 6) is 0.00540. The van der Waals surface area contributed by atoms with Gasteiger partial charge < -0.3 is 18.9 Å². The van der Waals surface area contributed by atoms with Crippen LogP contribution in [0.1, 0.15) is 0 Å². The smallest absolute Gasteiger partial charge is 0.138 e. The lowest BCUT2D eigenvalue weighted by molar-refractivity contribution is -0.333. The zero-order valence-electron chi connectivity index (χ0n) is 5.77. The Hall–Kier alpha value is -0.350. The summed E-state index contributed by atoms with van der Waals surface area (Å²) in [4.78, 5) is 20.4. The zero-order valence-corrected chi connectivity index (χ0v) is 8.25. The van der Waals surface area contributed by atoms with Gasteiger partial charge in [0.15, 0.2) is 0 Å². The standard InChI is InChI=1S/C6H6BrO4P/c7-5-3-1-2-4-6(5)11-12(8,9)10/h1-4H,(H2,8,9,10)/p-2. The van der Waals surface area contributed by atoms with Crippen LogP contribution in [0.25, 0.3) is 0 Å². The van der Waals surface area contributed by atoms with Crippen LogP contribution in [0.15, 0.2) is 28.7 Å². The van der Waals surface area contributed by atoms with Crippen molar-refractivity contribution in [2.45, 2.75) is 0 Å². The maximum atomic E-state index is 10.2. The predicted molar refractivity (Wildman–Crippen MR) is 42.4 cm³/mol. The molecule has 0 amide bonds. The summed E-state index contributed by atoms with van der Waals surface area (Å²) in [5.41, 5.74) is 0. The van der Waals surface area contributed by atoms with Gasteiger partial charge in [0.2, 0.25) is 0 Å². The average Bonchev–Trinajstić information content (AvgIpc) is 1.91. The molecule has 1 rings (SSSR count). The van der Waals surface area contributed by atoms with Crippen LogP contribution in [0, 0.1) is 0 Å². The van der Waals surface area contributed by atoms with E-state index in [-0.39, 0.29) is 5.75 Å². The third-order valence-electron chi connectivity index (χ3n) is 1.05. The molecule has 6 heteroatoms. The fourth-order valence-electron chi connectivity index (χ4n) is 0.639. The quantitative estimate of drug-likeness (QED) is 0.723. The van der Waals surface area contributed by atoms with Crippen LogP contribution in [0.4, 0.5) is 0 Å². The number of halogens is 1. The Bertz CT molecular complexity index is 321.